The van der Waals surface area contributed by atoms with Gasteiger partial charge < -0.3 is 10.6 Å². The van der Waals surface area contributed by atoms with Crippen LogP contribution in [-0.4, -0.2) is 52.8 Å². The van der Waals surface area contributed by atoms with E-state index in [1.165, 1.54) is 29.7 Å². The van der Waals surface area contributed by atoms with Crippen LogP contribution in [-0.2, 0) is 22.7 Å². The molecule has 2 fully saturated rings. The lowest BCUT2D eigenvalue weighted by Gasteiger charge is -2.27. The maximum Gasteiger partial charge on any atom is 0.325 e. The van der Waals surface area contributed by atoms with Gasteiger partial charge in [-0.15, -0.1) is 0 Å². The molecule has 0 saturated carbocycles. The number of nitrogens with one attached hydrogen (secondary N) is 2. The van der Waals surface area contributed by atoms with E-state index < -0.39 is 5.54 Å². The molecular formula is C22H32N4O3. The predicted molar refractivity (Wildman–Crippen MR) is 111 cm³/mol. The van der Waals surface area contributed by atoms with Crippen molar-refractivity contribution in [1.29, 1.82) is 0 Å². The van der Waals surface area contributed by atoms with E-state index in [9.17, 15) is 14.4 Å². The minimum absolute atomic E-state index is 0.0657. The van der Waals surface area contributed by atoms with Crippen molar-refractivity contribution in [3.05, 3.63) is 35.4 Å². The molecule has 29 heavy (non-hydrogen) atoms. The van der Waals surface area contributed by atoms with Gasteiger partial charge in [0.15, 0.2) is 0 Å². The normalized spacial score (nSPS) is 19.3. The van der Waals surface area contributed by atoms with E-state index in [0.29, 0.717) is 13.0 Å². The topological polar surface area (TPSA) is 81.8 Å². The highest BCUT2D eigenvalue weighted by Crippen LogP contribution is 2.18. The molecule has 0 spiro atoms. The molecule has 0 atom stereocenters. The van der Waals surface area contributed by atoms with Crippen LogP contribution in [0.1, 0.15) is 57.1 Å². The maximum absolute atomic E-state index is 12.3. The Labute approximate surface area is 172 Å². The summed E-state index contributed by atoms with van der Waals surface area (Å²) in [5.74, 6) is -0.307. The van der Waals surface area contributed by atoms with Crippen molar-refractivity contribution >= 4 is 17.8 Å². The molecule has 1 aromatic carbocycles. The molecule has 7 heteroatoms. The molecule has 7 nitrogen and oxygen atoms in total. The Morgan fingerprint density at radius 2 is 1.79 bits per heavy atom. The van der Waals surface area contributed by atoms with Gasteiger partial charge in [0.05, 0.1) is 0 Å². The fourth-order valence-corrected chi connectivity index (χ4v) is 3.94. The maximum atomic E-state index is 12.3. The highest BCUT2D eigenvalue weighted by atomic mass is 16.2. The Bertz CT molecular complexity index is 756. The van der Waals surface area contributed by atoms with Gasteiger partial charge in [-0.25, -0.2) is 4.79 Å². The molecule has 2 aliphatic heterocycles. The molecular weight excluding hydrogens is 368 g/mol. The highest BCUT2D eigenvalue weighted by Gasteiger charge is 2.43. The second-order valence-corrected chi connectivity index (χ2v) is 8.50. The largest absolute Gasteiger partial charge is 0.352 e. The number of benzene rings is 1. The van der Waals surface area contributed by atoms with Crippen molar-refractivity contribution in [3.63, 3.8) is 0 Å². The van der Waals surface area contributed by atoms with E-state index in [4.69, 9.17) is 0 Å². The van der Waals surface area contributed by atoms with Gasteiger partial charge in [-0.05, 0) is 57.3 Å². The van der Waals surface area contributed by atoms with Crippen molar-refractivity contribution in [3.8, 4) is 0 Å². The van der Waals surface area contributed by atoms with Gasteiger partial charge in [-0.3, -0.25) is 19.4 Å². The second kappa shape index (κ2) is 9.39. The Hall–Kier alpha value is -2.41. The van der Waals surface area contributed by atoms with Crippen molar-refractivity contribution in [2.45, 2.75) is 64.6 Å². The lowest BCUT2D eigenvalue weighted by molar-refractivity contribution is -0.130. The van der Waals surface area contributed by atoms with Crippen LogP contribution in [0.5, 0.6) is 0 Å². The molecule has 0 aliphatic carbocycles. The van der Waals surface area contributed by atoms with Gasteiger partial charge in [0.1, 0.15) is 5.54 Å². The minimum Gasteiger partial charge on any atom is -0.352 e. The van der Waals surface area contributed by atoms with Crippen molar-refractivity contribution in [1.82, 2.24) is 20.4 Å². The summed E-state index contributed by atoms with van der Waals surface area (Å²) in [4.78, 5) is 40.0. The summed E-state index contributed by atoms with van der Waals surface area (Å²) in [6.07, 6.45) is 4.57. The van der Waals surface area contributed by atoms with Gasteiger partial charge in [0.25, 0.3) is 5.91 Å². The molecule has 2 heterocycles. The molecule has 0 radical (unpaired) electrons. The van der Waals surface area contributed by atoms with Gasteiger partial charge in [-0.2, -0.15) is 0 Å². The van der Waals surface area contributed by atoms with Crippen LogP contribution in [0, 0.1) is 0 Å². The quantitative estimate of drug-likeness (QED) is 0.657. The third kappa shape index (κ3) is 5.56. The highest BCUT2D eigenvalue weighted by molar-refractivity contribution is 6.06. The summed E-state index contributed by atoms with van der Waals surface area (Å²) in [7, 11) is 0. The minimum atomic E-state index is -0.864. The van der Waals surface area contributed by atoms with Crippen molar-refractivity contribution in [2.24, 2.45) is 0 Å². The summed E-state index contributed by atoms with van der Waals surface area (Å²) in [6, 6.07) is 7.86. The number of carbonyl (C=O) groups excluding carboxylic acids is 3. The molecule has 2 aliphatic rings. The fourth-order valence-electron chi connectivity index (χ4n) is 3.94. The van der Waals surface area contributed by atoms with E-state index in [-0.39, 0.29) is 30.8 Å². The first-order valence-corrected chi connectivity index (χ1v) is 10.6. The summed E-state index contributed by atoms with van der Waals surface area (Å²) in [5.41, 5.74) is 1.54. The molecule has 0 bridgehead atoms. The van der Waals surface area contributed by atoms with Gasteiger partial charge in [0.2, 0.25) is 5.91 Å². The Balaban J connectivity index is 1.44. The van der Waals surface area contributed by atoms with Crippen molar-refractivity contribution in [2.75, 3.05) is 19.6 Å². The SMILES string of the molecule is CC1(C)NC(=O)N(CCCC(=O)NCc2ccccc2CN2CCCCC2)C1=O. The third-order valence-electron chi connectivity index (χ3n) is 5.67. The Morgan fingerprint density at radius 3 is 2.45 bits per heavy atom. The van der Waals surface area contributed by atoms with Crippen LogP contribution in [0.4, 0.5) is 4.79 Å². The summed E-state index contributed by atoms with van der Waals surface area (Å²) in [5, 5.41) is 5.63. The van der Waals surface area contributed by atoms with E-state index in [1.54, 1.807) is 13.8 Å². The van der Waals surface area contributed by atoms with Crippen LogP contribution in [0.15, 0.2) is 24.3 Å². The average molecular weight is 401 g/mol. The molecule has 2 saturated heterocycles. The van der Waals surface area contributed by atoms with Crippen LogP contribution in [0.25, 0.3) is 0 Å². The molecule has 3 rings (SSSR count). The standard InChI is InChI=1S/C22H32N4O3/c1-22(2)20(28)26(21(29)24-22)14-8-11-19(27)23-15-17-9-4-5-10-18(17)16-25-12-6-3-7-13-25/h4-5,9-10H,3,6-8,11-16H2,1-2H3,(H,23,27)(H,24,29). The first-order chi connectivity index (χ1) is 13.9. The fraction of sp³-hybridized carbons (Fsp3) is 0.591. The number of hydrogen-bond donors (Lipinski definition) is 2. The molecule has 0 unspecified atom stereocenters. The van der Waals surface area contributed by atoms with E-state index in [1.807, 2.05) is 12.1 Å². The van der Waals surface area contributed by atoms with Crippen molar-refractivity contribution < 1.29 is 14.4 Å². The predicted octanol–water partition coefficient (Wildman–Crippen LogP) is 2.40. The van der Waals surface area contributed by atoms with E-state index in [0.717, 1.165) is 25.2 Å². The zero-order chi connectivity index (χ0) is 20.9. The number of amides is 4. The molecule has 158 valence electrons. The second-order valence-electron chi connectivity index (χ2n) is 8.50. The number of imide groups is 1. The van der Waals surface area contributed by atoms with Gasteiger partial charge >= 0.3 is 6.03 Å². The number of piperidine rings is 1. The number of hydrogen-bond acceptors (Lipinski definition) is 4. The molecule has 0 aromatic heterocycles. The average Bonchev–Trinajstić information content (AvgIpc) is 2.89. The van der Waals surface area contributed by atoms with E-state index >= 15 is 0 Å². The van der Waals surface area contributed by atoms with Crippen LogP contribution < -0.4 is 10.6 Å². The van der Waals surface area contributed by atoms with Gasteiger partial charge in [-0.1, -0.05) is 30.7 Å². The van der Waals surface area contributed by atoms with E-state index in [2.05, 4.69) is 27.7 Å². The first-order valence-electron chi connectivity index (χ1n) is 10.6. The number of likely N-dealkylation sites (tertiary alicyclic amines) is 1. The number of nitrogens with zero attached hydrogens (tertiary/aromatic N) is 2. The summed E-state index contributed by atoms with van der Waals surface area (Å²) < 4.78 is 0. The Morgan fingerprint density at radius 1 is 1.10 bits per heavy atom. The monoisotopic (exact) mass is 400 g/mol. The number of carbonyl (C=O) groups is 3. The number of rotatable bonds is 8. The molecule has 4 amide bonds. The Kier molecular flexibility index (Phi) is 6.90. The van der Waals surface area contributed by atoms with Crippen LogP contribution >= 0.6 is 0 Å². The first kappa shape index (κ1) is 21.3. The zero-order valence-electron chi connectivity index (χ0n) is 17.5. The third-order valence-corrected chi connectivity index (χ3v) is 5.67. The van der Waals surface area contributed by atoms with Gasteiger partial charge in [0, 0.05) is 26.1 Å². The molecule has 2 N–H and O–H groups in total. The van der Waals surface area contributed by atoms with Crippen LogP contribution in [0.2, 0.25) is 0 Å². The lowest BCUT2D eigenvalue weighted by atomic mass is 10.0. The lowest BCUT2D eigenvalue weighted by Crippen LogP contribution is -2.40. The summed E-state index contributed by atoms with van der Waals surface area (Å²) >= 11 is 0. The summed E-state index contributed by atoms with van der Waals surface area (Å²) in [6.45, 7) is 7.32. The van der Waals surface area contributed by atoms with Crippen LogP contribution in [0.3, 0.4) is 0 Å². The number of urea groups is 1. The smallest absolute Gasteiger partial charge is 0.325 e. The zero-order valence-corrected chi connectivity index (χ0v) is 17.5. The molecule has 1 aromatic rings.